The molecule has 1 saturated heterocycles. The highest BCUT2D eigenvalue weighted by atomic mass is 79.9. The van der Waals surface area contributed by atoms with Crippen LogP contribution in [0.2, 0.25) is 5.02 Å². The molecule has 1 fully saturated rings. The van der Waals surface area contributed by atoms with Crippen LogP contribution in [0.3, 0.4) is 0 Å². The summed E-state index contributed by atoms with van der Waals surface area (Å²) in [4.78, 5) is 7.41. The zero-order valence-electron chi connectivity index (χ0n) is 13.8. The number of nitrogens with one attached hydrogen (secondary N) is 1. The molecular weight excluding hydrogens is 386 g/mol. The molecule has 1 N–H and O–H groups in total. The fourth-order valence-corrected chi connectivity index (χ4v) is 4.55. The van der Waals surface area contributed by atoms with E-state index in [2.05, 4.69) is 51.3 Å². The minimum Gasteiger partial charge on any atom is -0.314 e. The van der Waals surface area contributed by atoms with E-state index < -0.39 is 0 Å². The molecule has 1 aromatic carbocycles. The van der Waals surface area contributed by atoms with E-state index in [0.29, 0.717) is 0 Å². The molecule has 24 heavy (non-hydrogen) atoms. The van der Waals surface area contributed by atoms with Crippen molar-refractivity contribution in [2.24, 2.45) is 0 Å². The fraction of sp³-hybridized carbons (Fsp3) is 0.421. The van der Waals surface area contributed by atoms with Crippen molar-refractivity contribution in [3.63, 3.8) is 0 Å². The lowest BCUT2D eigenvalue weighted by Gasteiger charge is -2.36. The third-order valence-electron chi connectivity index (χ3n) is 5.25. The Morgan fingerprint density at radius 2 is 2.04 bits per heavy atom. The lowest BCUT2D eigenvalue weighted by molar-refractivity contribution is 0.195. The van der Waals surface area contributed by atoms with Crippen molar-refractivity contribution in [1.82, 2.24) is 15.2 Å². The molecule has 2 heterocycles. The number of rotatable bonds is 1. The molecule has 0 saturated carbocycles. The molecule has 1 atom stereocenters. The van der Waals surface area contributed by atoms with E-state index in [9.17, 15) is 0 Å². The van der Waals surface area contributed by atoms with Crippen LogP contribution in [0.4, 0.5) is 0 Å². The van der Waals surface area contributed by atoms with Gasteiger partial charge in [-0.05, 0) is 70.1 Å². The summed E-state index contributed by atoms with van der Waals surface area (Å²) in [5.41, 5.74) is 6.56. The van der Waals surface area contributed by atoms with Crippen molar-refractivity contribution in [3.05, 3.63) is 61.8 Å². The zero-order valence-corrected chi connectivity index (χ0v) is 16.1. The lowest BCUT2D eigenvalue weighted by atomic mass is 9.93. The summed E-state index contributed by atoms with van der Waals surface area (Å²) >= 11 is 10.0. The number of hydrogen-bond acceptors (Lipinski definition) is 3. The van der Waals surface area contributed by atoms with Crippen molar-refractivity contribution >= 4 is 27.5 Å². The molecule has 0 amide bonds. The second-order valence-electron chi connectivity index (χ2n) is 6.63. The molecule has 2 aliphatic rings. The first-order chi connectivity index (χ1) is 11.6. The first-order valence-electron chi connectivity index (χ1n) is 8.52. The van der Waals surface area contributed by atoms with Crippen molar-refractivity contribution in [1.29, 1.82) is 0 Å². The minimum absolute atomic E-state index is 0.226. The Balaban J connectivity index is 1.90. The van der Waals surface area contributed by atoms with E-state index in [1.807, 2.05) is 6.20 Å². The maximum Gasteiger partial charge on any atom is 0.0782 e. The quantitative estimate of drug-likeness (QED) is 0.778. The van der Waals surface area contributed by atoms with Gasteiger partial charge in [0.05, 0.1) is 11.7 Å². The summed E-state index contributed by atoms with van der Waals surface area (Å²) in [5.74, 6) is 0. The number of nitrogens with zero attached hydrogens (tertiary/aromatic N) is 2. The normalized spacial score (nSPS) is 21.0. The Labute approximate surface area is 156 Å². The number of aromatic nitrogens is 1. The van der Waals surface area contributed by atoms with Crippen LogP contribution in [0.5, 0.6) is 0 Å². The van der Waals surface area contributed by atoms with Gasteiger partial charge in [-0.1, -0.05) is 17.7 Å². The summed E-state index contributed by atoms with van der Waals surface area (Å²) in [7, 11) is 0. The molecule has 1 aromatic heterocycles. The van der Waals surface area contributed by atoms with Gasteiger partial charge in [0.25, 0.3) is 0 Å². The Kier molecular flexibility index (Phi) is 4.65. The van der Waals surface area contributed by atoms with Gasteiger partial charge < -0.3 is 5.32 Å². The lowest BCUT2D eigenvalue weighted by Crippen LogP contribution is -2.45. The van der Waals surface area contributed by atoms with Gasteiger partial charge in [-0.15, -0.1) is 0 Å². The number of hydrogen-bond donors (Lipinski definition) is 1. The van der Waals surface area contributed by atoms with Gasteiger partial charge in [-0.3, -0.25) is 9.88 Å². The molecule has 1 aliphatic heterocycles. The molecular formula is C19H21BrClN3. The number of benzene rings is 1. The van der Waals surface area contributed by atoms with Crippen LogP contribution in [0.25, 0.3) is 0 Å². The van der Waals surface area contributed by atoms with Crippen LogP contribution in [0.1, 0.15) is 34.0 Å². The molecule has 126 valence electrons. The molecule has 4 rings (SSSR count). The number of pyridine rings is 1. The van der Waals surface area contributed by atoms with Crippen molar-refractivity contribution < 1.29 is 0 Å². The monoisotopic (exact) mass is 405 g/mol. The Morgan fingerprint density at radius 1 is 1.25 bits per heavy atom. The SMILES string of the molecule is Cc1c(Cl)ccc2c1CCc1cc(Br)cnc1[C@@H]2N1CCNCC1. The maximum absolute atomic E-state index is 6.42. The van der Waals surface area contributed by atoms with Crippen LogP contribution in [-0.2, 0) is 12.8 Å². The maximum atomic E-state index is 6.42. The van der Waals surface area contributed by atoms with Gasteiger partial charge in [0.1, 0.15) is 0 Å². The molecule has 5 heteroatoms. The highest BCUT2D eigenvalue weighted by Crippen LogP contribution is 2.39. The van der Waals surface area contributed by atoms with Gasteiger partial charge in [0.2, 0.25) is 0 Å². The largest absolute Gasteiger partial charge is 0.314 e. The van der Waals surface area contributed by atoms with E-state index in [-0.39, 0.29) is 6.04 Å². The number of halogens is 2. The average molecular weight is 407 g/mol. The predicted molar refractivity (Wildman–Crippen MR) is 102 cm³/mol. The van der Waals surface area contributed by atoms with Crippen molar-refractivity contribution in [2.75, 3.05) is 26.2 Å². The van der Waals surface area contributed by atoms with Gasteiger partial charge in [-0.2, -0.15) is 0 Å². The minimum atomic E-state index is 0.226. The molecule has 1 aliphatic carbocycles. The second kappa shape index (κ2) is 6.75. The zero-order chi connectivity index (χ0) is 16.7. The van der Waals surface area contributed by atoms with Crippen LogP contribution in [-0.4, -0.2) is 36.1 Å². The van der Waals surface area contributed by atoms with Crippen LogP contribution in [0.15, 0.2) is 28.9 Å². The first-order valence-corrected chi connectivity index (χ1v) is 9.69. The first kappa shape index (κ1) is 16.5. The Bertz CT molecular complexity index is 771. The van der Waals surface area contributed by atoms with E-state index in [1.165, 1.54) is 27.9 Å². The van der Waals surface area contributed by atoms with Gasteiger partial charge in [0, 0.05) is 41.9 Å². The summed E-state index contributed by atoms with van der Waals surface area (Å²) in [5, 5.41) is 4.32. The topological polar surface area (TPSA) is 28.2 Å². The highest BCUT2D eigenvalue weighted by Gasteiger charge is 2.31. The van der Waals surface area contributed by atoms with E-state index in [4.69, 9.17) is 16.6 Å². The summed E-state index contributed by atoms with van der Waals surface area (Å²) in [6, 6.07) is 6.73. The number of piperazine rings is 1. The van der Waals surface area contributed by atoms with Crippen molar-refractivity contribution in [3.8, 4) is 0 Å². The van der Waals surface area contributed by atoms with Gasteiger partial charge in [-0.25, -0.2) is 0 Å². The number of aryl methyl sites for hydroxylation is 1. The van der Waals surface area contributed by atoms with E-state index >= 15 is 0 Å². The Hall–Kier alpha value is -0.940. The fourth-order valence-electron chi connectivity index (χ4n) is 3.99. The van der Waals surface area contributed by atoms with Gasteiger partial charge >= 0.3 is 0 Å². The summed E-state index contributed by atoms with van der Waals surface area (Å²) < 4.78 is 1.06. The second-order valence-corrected chi connectivity index (χ2v) is 7.95. The smallest absolute Gasteiger partial charge is 0.0782 e. The molecule has 0 radical (unpaired) electrons. The Morgan fingerprint density at radius 3 is 2.83 bits per heavy atom. The summed E-state index contributed by atoms with van der Waals surface area (Å²) in [6.07, 6.45) is 3.97. The summed E-state index contributed by atoms with van der Waals surface area (Å²) in [6.45, 7) is 6.30. The van der Waals surface area contributed by atoms with Gasteiger partial charge in [0.15, 0.2) is 0 Å². The third-order valence-corrected chi connectivity index (χ3v) is 6.09. The van der Waals surface area contributed by atoms with Crippen LogP contribution in [0, 0.1) is 6.92 Å². The van der Waals surface area contributed by atoms with Crippen LogP contribution < -0.4 is 5.32 Å². The third kappa shape index (κ3) is 2.90. The van der Waals surface area contributed by atoms with Crippen molar-refractivity contribution in [2.45, 2.75) is 25.8 Å². The highest BCUT2D eigenvalue weighted by molar-refractivity contribution is 9.10. The molecule has 3 nitrogen and oxygen atoms in total. The predicted octanol–water partition coefficient (Wildman–Crippen LogP) is 3.90. The molecule has 0 bridgehead atoms. The van der Waals surface area contributed by atoms with E-state index in [0.717, 1.165) is 48.5 Å². The standard InChI is InChI=1S/C19H21BrClN3/c1-12-15-3-2-13-10-14(20)11-23-18(13)19(16(15)4-5-17(12)21)24-8-6-22-7-9-24/h4-5,10-11,19,22H,2-3,6-9H2,1H3/t19-/m1/s1. The number of fused-ring (bicyclic) bond motifs is 2. The van der Waals surface area contributed by atoms with E-state index in [1.54, 1.807) is 0 Å². The molecule has 2 aromatic rings. The average Bonchev–Trinajstić information content (AvgIpc) is 2.76. The van der Waals surface area contributed by atoms with Crippen LogP contribution >= 0.6 is 27.5 Å². The molecule has 0 unspecified atom stereocenters. The molecule has 0 spiro atoms.